The van der Waals surface area contributed by atoms with Crippen molar-refractivity contribution in [2.24, 2.45) is 0 Å². The molecule has 0 saturated carbocycles. The number of carbonyl (C=O) groups excluding carboxylic acids is 1. The quantitative estimate of drug-likeness (QED) is 0.573. The van der Waals surface area contributed by atoms with Crippen molar-refractivity contribution in [2.45, 2.75) is 19.5 Å². The second-order valence-electron chi connectivity index (χ2n) is 7.24. The van der Waals surface area contributed by atoms with Crippen LogP contribution in [0.1, 0.15) is 34.5 Å². The van der Waals surface area contributed by atoms with Crippen LogP contribution in [0.25, 0.3) is 0 Å². The second-order valence-corrected chi connectivity index (χ2v) is 9.15. The van der Waals surface area contributed by atoms with E-state index >= 15 is 0 Å². The molecule has 0 aliphatic heterocycles. The van der Waals surface area contributed by atoms with Crippen LogP contribution in [0.4, 0.5) is 5.69 Å². The van der Waals surface area contributed by atoms with Crippen LogP contribution in [-0.2, 0) is 16.6 Å². The van der Waals surface area contributed by atoms with E-state index < -0.39 is 10.0 Å². The Morgan fingerprint density at radius 2 is 1.58 bits per heavy atom. The van der Waals surface area contributed by atoms with Gasteiger partial charge in [-0.3, -0.25) is 9.10 Å². The number of hydrogen-bond donors (Lipinski definition) is 1. The third-order valence-electron chi connectivity index (χ3n) is 4.95. The number of anilines is 1. The van der Waals surface area contributed by atoms with Gasteiger partial charge in [-0.1, -0.05) is 54.6 Å². The molecule has 0 saturated heterocycles. The molecule has 162 valence electrons. The summed E-state index contributed by atoms with van der Waals surface area (Å²) in [6.45, 7) is 2.01. The molecule has 3 rings (SSSR count). The molecule has 31 heavy (non-hydrogen) atoms. The zero-order chi connectivity index (χ0) is 22.4. The molecule has 1 amide bonds. The van der Waals surface area contributed by atoms with Crippen LogP contribution in [0.3, 0.4) is 0 Å². The van der Waals surface area contributed by atoms with Gasteiger partial charge in [0.2, 0.25) is 10.0 Å². The van der Waals surface area contributed by atoms with Crippen LogP contribution < -0.4 is 14.4 Å². The van der Waals surface area contributed by atoms with Gasteiger partial charge in [0, 0.05) is 0 Å². The molecule has 1 unspecified atom stereocenters. The van der Waals surface area contributed by atoms with Crippen molar-refractivity contribution >= 4 is 21.6 Å². The maximum atomic E-state index is 13.1. The number of rotatable bonds is 8. The lowest BCUT2D eigenvalue weighted by Crippen LogP contribution is -2.33. The number of sulfonamides is 1. The van der Waals surface area contributed by atoms with Gasteiger partial charge in [0.1, 0.15) is 5.75 Å². The number of para-hydroxylation sites is 1. The van der Waals surface area contributed by atoms with Gasteiger partial charge >= 0.3 is 0 Å². The molecule has 0 bridgehead atoms. The number of ether oxygens (including phenoxy) is 1. The number of hydrogen-bond acceptors (Lipinski definition) is 4. The molecular formula is C24H26N2O4S. The van der Waals surface area contributed by atoms with Crippen LogP contribution in [0.5, 0.6) is 5.75 Å². The first-order chi connectivity index (χ1) is 14.8. The molecule has 3 aromatic carbocycles. The summed E-state index contributed by atoms with van der Waals surface area (Å²) in [5.41, 5.74) is 2.38. The maximum Gasteiger partial charge on any atom is 0.253 e. The second kappa shape index (κ2) is 9.66. The lowest BCUT2D eigenvalue weighted by Gasteiger charge is -2.25. The average molecular weight is 439 g/mol. The summed E-state index contributed by atoms with van der Waals surface area (Å²) in [5.74, 6) is 0.387. The monoisotopic (exact) mass is 438 g/mol. The van der Waals surface area contributed by atoms with E-state index in [-0.39, 0.29) is 18.5 Å². The normalized spacial score (nSPS) is 12.1. The van der Waals surface area contributed by atoms with Crippen molar-refractivity contribution in [3.05, 3.63) is 95.6 Å². The largest absolute Gasteiger partial charge is 0.497 e. The third-order valence-corrected chi connectivity index (χ3v) is 6.08. The Morgan fingerprint density at radius 3 is 2.19 bits per heavy atom. The zero-order valence-electron chi connectivity index (χ0n) is 17.8. The van der Waals surface area contributed by atoms with Crippen LogP contribution in [0.15, 0.2) is 78.9 Å². The number of nitrogens with zero attached hydrogens (tertiary/aromatic N) is 1. The van der Waals surface area contributed by atoms with E-state index in [9.17, 15) is 13.2 Å². The highest BCUT2D eigenvalue weighted by molar-refractivity contribution is 7.92. The highest BCUT2D eigenvalue weighted by Crippen LogP contribution is 2.26. The molecule has 0 fully saturated rings. The lowest BCUT2D eigenvalue weighted by atomic mass is 10.1. The Morgan fingerprint density at radius 1 is 0.968 bits per heavy atom. The van der Waals surface area contributed by atoms with E-state index in [2.05, 4.69) is 5.32 Å². The van der Waals surface area contributed by atoms with Gasteiger partial charge < -0.3 is 10.1 Å². The van der Waals surface area contributed by atoms with E-state index in [1.165, 1.54) is 4.31 Å². The maximum absolute atomic E-state index is 13.1. The summed E-state index contributed by atoms with van der Waals surface area (Å²) in [6.07, 6.45) is 1.14. The molecule has 0 aliphatic carbocycles. The summed E-state index contributed by atoms with van der Waals surface area (Å²) < 4.78 is 31.6. The van der Waals surface area contributed by atoms with E-state index in [1.54, 1.807) is 31.4 Å². The topological polar surface area (TPSA) is 75.7 Å². The minimum Gasteiger partial charge on any atom is -0.497 e. The Bertz CT molecular complexity index is 1130. The molecule has 0 radical (unpaired) electrons. The SMILES string of the molecule is COc1ccc(C(C)NC(=O)c2ccccc2N(Cc2ccccc2)S(C)(=O)=O)cc1. The summed E-state index contributed by atoms with van der Waals surface area (Å²) in [6, 6.07) is 23.2. The highest BCUT2D eigenvalue weighted by Gasteiger charge is 2.24. The van der Waals surface area contributed by atoms with Gasteiger partial charge in [0.15, 0.2) is 0 Å². The lowest BCUT2D eigenvalue weighted by molar-refractivity contribution is 0.0940. The number of amides is 1. The Hall–Kier alpha value is -3.32. The van der Waals surface area contributed by atoms with Crippen molar-refractivity contribution in [3.8, 4) is 5.75 Å². The molecule has 0 aromatic heterocycles. The fourth-order valence-corrected chi connectivity index (χ4v) is 4.16. The van der Waals surface area contributed by atoms with Crippen LogP contribution in [0, 0.1) is 0 Å². The van der Waals surface area contributed by atoms with Gasteiger partial charge in [0.25, 0.3) is 5.91 Å². The first-order valence-electron chi connectivity index (χ1n) is 9.85. The molecule has 3 aromatic rings. The molecule has 0 spiro atoms. The Labute approximate surface area is 183 Å². The summed E-state index contributed by atoms with van der Waals surface area (Å²) in [5, 5.41) is 2.96. The number of nitrogens with one attached hydrogen (secondary N) is 1. The molecule has 6 nitrogen and oxygen atoms in total. The van der Waals surface area contributed by atoms with Crippen molar-refractivity contribution in [2.75, 3.05) is 17.7 Å². The van der Waals surface area contributed by atoms with Crippen molar-refractivity contribution in [1.82, 2.24) is 5.32 Å². The number of methoxy groups -OCH3 is 1. The van der Waals surface area contributed by atoms with E-state index in [4.69, 9.17) is 4.74 Å². The van der Waals surface area contributed by atoms with Crippen LogP contribution in [0.2, 0.25) is 0 Å². The van der Waals surface area contributed by atoms with Crippen molar-refractivity contribution in [3.63, 3.8) is 0 Å². The van der Waals surface area contributed by atoms with E-state index in [1.807, 2.05) is 61.5 Å². The predicted molar refractivity (Wildman–Crippen MR) is 123 cm³/mol. The highest BCUT2D eigenvalue weighted by atomic mass is 32.2. The summed E-state index contributed by atoms with van der Waals surface area (Å²) >= 11 is 0. The predicted octanol–water partition coefficient (Wildman–Crippen LogP) is 4.15. The molecule has 7 heteroatoms. The fraction of sp³-hybridized carbons (Fsp3) is 0.208. The van der Waals surface area contributed by atoms with E-state index in [0.29, 0.717) is 11.3 Å². The van der Waals surface area contributed by atoms with Crippen molar-refractivity contribution in [1.29, 1.82) is 0 Å². The van der Waals surface area contributed by atoms with Crippen molar-refractivity contribution < 1.29 is 17.9 Å². The third kappa shape index (κ3) is 5.64. The van der Waals surface area contributed by atoms with Gasteiger partial charge in [-0.15, -0.1) is 0 Å². The minimum atomic E-state index is -3.62. The molecular weight excluding hydrogens is 412 g/mol. The fourth-order valence-electron chi connectivity index (χ4n) is 3.26. The first-order valence-corrected chi connectivity index (χ1v) is 11.7. The summed E-state index contributed by atoms with van der Waals surface area (Å²) in [4.78, 5) is 13.1. The Balaban J connectivity index is 1.88. The molecule has 1 N–H and O–H groups in total. The van der Waals surface area contributed by atoms with E-state index in [0.717, 1.165) is 23.1 Å². The van der Waals surface area contributed by atoms with Gasteiger partial charge in [-0.05, 0) is 42.3 Å². The smallest absolute Gasteiger partial charge is 0.253 e. The summed E-state index contributed by atoms with van der Waals surface area (Å²) in [7, 11) is -2.02. The van der Waals surface area contributed by atoms with Gasteiger partial charge in [0.05, 0.1) is 37.2 Å². The minimum absolute atomic E-state index is 0.137. The zero-order valence-corrected chi connectivity index (χ0v) is 18.6. The molecule has 0 aliphatic rings. The van der Waals surface area contributed by atoms with Crippen LogP contribution in [-0.4, -0.2) is 27.7 Å². The van der Waals surface area contributed by atoms with Gasteiger partial charge in [-0.25, -0.2) is 8.42 Å². The number of carbonyl (C=O) groups is 1. The molecule has 1 atom stereocenters. The molecule has 0 heterocycles. The van der Waals surface area contributed by atoms with Crippen LogP contribution >= 0.6 is 0 Å². The standard InChI is InChI=1S/C24H26N2O4S/c1-18(20-13-15-21(30-2)16-14-20)25-24(27)22-11-7-8-12-23(22)26(31(3,28)29)17-19-9-5-4-6-10-19/h4-16,18H,17H2,1-3H3,(H,25,27). The number of benzene rings is 3. The average Bonchev–Trinajstić information content (AvgIpc) is 2.77. The Kier molecular flexibility index (Phi) is 6.97. The van der Waals surface area contributed by atoms with Gasteiger partial charge in [-0.2, -0.15) is 0 Å². The first kappa shape index (κ1) is 22.4.